The smallest absolute Gasteiger partial charge is 0.138 e. The molecule has 0 amide bonds. The first-order valence-corrected chi connectivity index (χ1v) is 6.68. The molecule has 4 rings (SSSR count). The predicted molar refractivity (Wildman–Crippen MR) is 76.9 cm³/mol. The van der Waals surface area contributed by atoms with E-state index in [2.05, 4.69) is 39.6 Å². The summed E-state index contributed by atoms with van der Waals surface area (Å²) in [5.74, 6) is 0.961. The van der Waals surface area contributed by atoms with Crippen LogP contribution in [0.3, 0.4) is 0 Å². The van der Waals surface area contributed by atoms with Crippen molar-refractivity contribution >= 4 is 11.0 Å². The first kappa shape index (κ1) is 10.8. The van der Waals surface area contributed by atoms with Crippen LogP contribution in [-0.2, 0) is 13.0 Å². The van der Waals surface area contributed by atoms with Crippen LogP contribution in [0.5, 0.6) is 0 Å². The van der Waals surface area contributed by atoms with Gasteiger partial charge in [-0.1, -0.05) is 24.3 Å². The third-order valence-corrected chi connectivity index (χ3v) is 3.76. The van der Waals surface area contributed by atoms with Crippen molar-refractivity contribution in [2.75, 3.05) is 6.54 Å². The summed E-state index contributed by atoms with van der Waals surface area (Å²) < 4.78 is 0. The lowest BCUT2D eigenvalue weighted by Gasteiger charge is -2.17. The molecular formula is C16H15N3. The van der Waals surface area contributed by atoms with Gasteiger partial charge >= 0.3 is 0 Å². The number of imidazole rings is 1. The molecule has 3 aromatic rings. The molecule has 2 heterocycles. The Morgan fingerprint density at radius 2 is 1.95 bits per heavy atom. The van der Waals surface area contributed by atoms with Crippen LogP contribution in [-0.4, -0.2) is 16.5 Å². The van der Waals surface area contributed by atoms with Gasteiger partial charge in [-0.15, -0.1) is 0 Å². The summed E-state index contributed by atoms with van der Waals surface area (Å²) in [6.07, 6.45) is 1.10. The maximum absolute atomic E-state index is 4.66. The third-order valence-electron chi connectivity index (χ3n) is 3.76. The van der Waals surface area contributed by atoms with E-state index in [-0.39, 0.29) is 0 Å². The van der Waals surface area contributed by atoms with Crippen LogP contribution >= 0.6 is 0 Å². The third kappa shape index (κ3) is 1.83. The second-order valence-electron chi connectivity index (χ2n) is 5.01. The molecule has 0 spiro atoms. The van der Waals surface area contributed by atoms with E-state index < -0.39 is 0 Å². The molecule has 1 aliphatic rings. The zero-order valence-electron chi connectivity index (χ0n) is 10.6. The van der Waals surface area contributed by atoms with Crippen molar-refractivity contribution in [3.63, 3.8) is 0 Å². The minimum absolute atomic E-state index is 0.961. The van der Waals surface area contributed by atoms with E-state index in [1.807, 2.05) is 18.2 Å². The van der Waals surface area contributed by atoms with Crippen molar-refractivity contribution in [2.24, 2.45) is 0 Å². The van der Waals surface area contributed by atoms with Crippen LogP contribution in [0.1, 0.15) is 11.1 Å². The van der Waals surface area contributed by atoms with Gasteiger partial charge in [-0.25, -0.2) is 4.98 Å². The average molecular weight is 249 g/mol. The molecule has 2 aromatic carbocycles. The van der Waals surface area contributed by atoms with E-state index in [0.717, 1.165) is 36.4 Å². The van der Waals surface area contributed by atoms with Crippen molar-refractivity contribution in [1.82, 2.24) is 15.3 Å². The number of hydrogen-bond acceptors (Lipinski definition) is 2. The zero-order valence-corrected chi connectivity index (χ0v) is 10.6. The molecule has 0 aliphatic carbocycles. The highest BCUT2D eigenvalue weighted by Crippen LogP contribution is 2.24. The molecular weight excluding hydrogens is 234 g/mol. The lowest BCUT2D eigenvalue weighted by atomic mass is 9.98. The molecule has 0 atom stereocenters. The van der Waals surface area contributed by atoms with Crippen LogP contribution in [0.25, 0.3) is 22.4 Å². The summed E-state index contributed by atoms with van der Waals surface area (Å²) in [7, 11) is 0. The van der Waals surface area contributed by atoms with E-state index in [1.54, 1.807) is 0 Å². The quantitative estimate of drug-likeness (QED) is 0.696. The van der Waals surface area contributed by atoms with Crippen LogP contribution in [0.15, 0.2) is 42.5 Å². The normalized spacial score (nSPS) is 14.5. The summed E-state index contributed by atoms with van der Waals surface area (Å²) in [6.45, 7) is 2.05. The second-order valence-corrected chi connectivity index (χ2v) is 5.01. The fourth-order valence-electron chi connectivity index (χ4n) is 2.71. The molecule has 0 bridgehead atoms. The Morgan fingerprint density at radius 1 is 1.00 bits per heavy atom. The van der Waals surface area contributed by atoms with Gasteiger partial charge in [-0.05, 0) is 42.3 Å². The highest BCUT2D eigenvalue weighted by atomic mass is 14.9. The van der Waals surface area contributed by atoms with Crippen LogP contribution < -0.4 is 5.32 Å². The molecule has 0 unspecified atom stereocenters. The number of aromatic amines is 1. The molecule has 0 saturated carbocycles. The number of para-hydroxylation sites is 2. The van der Waals surface area contributed by atoms with Crippen molar-refractivity contribution in [3.05, 3.63) is 53.6 Å². The molecule has 3 heteroatoms. The lowest BCUT2D eigenvalue weighted by molar-refractivity contribution is 0.644. The van der Waals surface area contributed by atoms with E-state index in [1.165, 1.54) is 16.7 Å². The van der Waals surface area contributed by atoms with Gasteiger partial charge < -0.3 is 10.3 Å². The first-order chi connectivity index (χ1) is 9.40. The van der Waals surface area contributed by atoms with Gasteiger partial charge in [0.25, 0.3) is 0 Å². The van der Waals surface area contributed by atoms with Gasteiger partial charge in [-0.3, -0.25) is 0 Å². The van der Waals surface area contributed by atoms with Crippen LogP contribution in [0, 0.1) is 0 Å². The maximum atomic E-state index is 4.66. The Balaban J connectivity index is 1.83. The number of aromatic nitrogens is 2. The van der Waals surface area contributed by atoms with Gasteiger partial charge in [0.15, 0.2) is 0 Å². The maximum Gasteiger partial charge on any atom is 0.138 e. The average Bonchev–Trinajstić information content (AvgIpc) is 2.90. The Bertz CT molecular complexity index is 710. The highest BCUT2D eigenvalue weighted by molar-refractivity contribution is 5.79. The van der Waals surface area contributed by atoms with Crippen LogP contribution in [0.4, 0.5) is 0 Å². The van der Waals surface area contributed by atoms with Crippen molar-refractivity contribution in [3.8, 4) is 11.4 Å². The van der Waals surface area contributed by atoms with Gasteiger partial charge in [0.05, 0.1) is 11.0 Å². The monoisotopic (exact) mass is 249 g/mol. The van der Waals surface area contributed by atoms with E-state index >= 15 is 0 Å². The highest BCUT2D eigenvalue weighted by Gasteiger charge is 2.11. The summed E-state index contributed by atoms with van der Waals surface area (Å²) in [5, 5.41) is 3.40. The molecule has 2 N–H and O–H groups in total. The van der Waals surface area contributed by atoms with Gasteiger partial charge in [0, 0.05) is 12.1 Å². The number of nitrogens with one attached hydrogen (secondary N) is 2. The van der Waals surface area contributed by atoms with Gasteiger partial charge in [0.1, 0.15) is 5.82 Å². The Kier molecular flexibility index (Phi) is 2.38. The molecule has 3 nitrogen and oxygen atoms in total. The molecule has 1 aromatic heterocycles. The SMILES string of the molecule is c1ccc2[nH]c(-c3ccc4c(c3)CCNC4)nc2c1. The largest absolute Gasteiger partial charge is 0.338 e. The number of fused-ring (bicyclic) bond motifs is 2. The number of rotatable bonds is 1. The fraction of sp³-hybridized carbons (Fsp3) is 0.188. The standard InChI is InChI=1S/C16H15N3/c1-2-4-15-14(3-1)18-16(19-15)12-5-6-13-10-17-8-7-11(13)9-12/h1-6,9,17H,7-8,10H2,(H,18,19). The van der Waals surface area contributed by atoms with E-state index in [9.17, 15) is 0 Å². The lowest BCUT2D eigenvalue weighted by Crippen LogP contribution is -2.23. The van der Waals surface area contributed by atoms with Gasteiger partial charge in [0.2, 0.25) is 0 Å². The molecule has 1 aliphatic heterocycles. The summed E-state index contributed by atoms with van der Waals surface area (Å²) in [5.41, 5.74) is 6.15. The summed E-state index contributed by atoms with van der Waals surface area (Å²) >= 11 is 0. The molecule has 0 saturated heterocycles. The Morgan fingerprint density at radius 3 is 2.89 bits per heavy atom. The van der Waals surface area contributed by atoms with Crippen molar-refractivity contribution in [2.45, 2.75) is 13.0 Å². The van der Waals surface area contributed by atoms with Crippen molar-refractivity contribution < 1.29 is 0 Å². The fourth-order valence-corrected chi connectivity index (χ4v) is 2.71. The minimum atomic E-state index is 0.961. The topological polar surface area (TPSA) is 40.7 Å². The molecule has 0 fully saturated rings. The number of hydrogen-bond donors (Lipinski definition) is 2. The van der Waals surface area contributed by atoms with E-state index in [0.29, 0.717) is 0 Å². The van der Waals surface area contributed by atoms with Gasteiger partial charge in [-0.2, -0.15) is 0 Å². The second kappa shape index (κ2) is 4.21. The van der Waals surface area contributed by atoms with E-state index in [4.69, 9.17) is 0 Å². The Hall–Kier alpha value is -2.13. The zero-order chi connectivity index (χ0) is 12.7. The molecule has 19 heavy (non-hydrogen) atoms. The first-order valence-electron chi connectivity index (χ1n) is 6.68. The summed E-state index contributed by atoms with van der Waals surface area (Å²) in [4.78, 5) is 8.05. The van der Waals surface area contributed by atoms with Crippen LogP contribution in [0.2, 0.25) is 0 Å². The number of H-pyrrole nitrogens is 1. The number of benzene rings is 2. The van der Waals surface area contributed by atoms with Crippen molar-refractivity contribution in [1.29, 1.82) is 0 Å². The number of nitrogens with zero attached hydrogens (tertiary/aromatic N) is 1. The predicted octanol–water partition coefficient (Wildman–Crippen LogP) is 2.88. The summed E-state index contributed by atoms with van der Waals surface area (Å²) in [6, 6.07) is 14.8. The molecule has 94 valence electrons. The molecule has 0 radical (unpaired) electrons. The Labute approximate surface area is 111 Å². The minimum Gasteiger partial charge on any atom is -0.338 e.